The fourth-order valence-corrected chi connectivity index (χ4v) is 2.16. The van der Waals surface area contributed by atoms with Crippen molar-refractivity contribution in [1.29, 1.82) is 5.26 Å². The smallest absolute Gasteiger partial charge is 0.166 e. The van der Waals surface area contributed by atoms with Gasteiger partial charge in [0.05, 0.1) is 26.2 Å². The maximum Gasteiger partial charge on any atom is 0.166 e. The van der Waals surface area contributed by atoms with E-state index in [2.05, 4.69) is 6.07 Å². The lowest BCUT2D eigenvalue weighted by molar-refractivity contribution is 0.0979. The zero-order valence-electron chi connectivity index (χ0n) is 9.97. The molecular formula is C13H15NO3. The van der Waals surface area contributed by atoms with Crippen molar-refractivity contribution in [1.82, 2.24) is 0 Å². The standard InChI is InChI=1S/C13H15NO3/c1-15-11-5-3-4-10(13(11)16-2)12-9(8-14)6-7-17-12/h3-5,9,12H,6-7H2,1-2H3. The van der Waals surface area contributed by atoms with E-state index in [1.807, 2.05) is 18.2 Å². The number of rotatable bonds is 3. The molecule has 0 spiro atoms. The fourth-order valence-electron chi connectivity index (χ4n) is 2.16. The third-order valence-corrected chi connectivity index (χ3v) is 3.00. The third kappa shape index (κ3) is 2.06. The number of ether oxygens (including phenoxy) is 3. The van der Waals surface area contributed by atoms with E-state index in [1.165, 1.54) is 0 Å². The molecule has 2 atom stereocenters. The molecule has 1 aromatic rings. The molecule has 1 saturated heterocycles. The lowest BCUT2D eigenvalue weighted by Gasteiger charge is -2.18. The molecule has 90 valence electrons. The molecule has 1 aliphatic heterocycles. The van der Waals surface area contributed by atoms with Crippen molar-refractivity contribution < 1.29 is 14.2 Å². The molecule has 0 N–H and O–H groups in total. The lowest BCUT2D eigenvalue weighted by Crippen LogP contribution is -2.08. The molecule has 0 aliphatic carbocycles. The summed E-state index contributed by atoms with van der Waals surface area (Å²) in [6, 6.07) is 7.91. The normalized spacial score (nSPS) is 23.1. The number of hydrogen-bond acceptors (Lipinski definition) is 4. The first-order chi connectivity index (χ1) is 8.31. The second kappa shape index (κ2) is 5.07. The topological polar surface area (TPSA) is 51.5 Å². The molecule has 1 aromatic carbocycles. The van der Waals surface area contributed by atoms with Crippen molar-refractivity contribution in [3.63, 3.8) is 0 Å². The van der Waals surface area contributed by atoms with Crippen LogP contribution in [0.3, 0.4) is 0 Å². The first-order valence-corrected chi connectivity index (χ1v) is 5.54. The van der Waals surface area contributed by atoms with E-state index >= 15 is 0 Å². The first kappa shape index (κ1) is 11.7. The van der Waals surface area contributed by atoms with Gasteiger partial charge < -0.3 is 14.2 Å². The van der Waals surface area contributed by atoms with Crippen molar-refractivity contribution >= 4 is 0 Å². The van der Waals surface area contributed by atoms with Crippen molar-refractivity contribution in [2.45, 2.75) is 12.5 Å². The Morgan fingerprint density at radius 2 is 2.18 bits per heavy atom. The van der Waals surface area contributed by atoms with Crippen LogP contribution in [0.1, 0.15) is 18.1 Å². The van der Waals surface area contributed by atoms with Gasteiger partial charge >= 0.3 is 0 Å². The molecule has 0 amide bonds. The van der Waals surface area contributed by atoms with Crippen LogP contribution in [0, 0.1) is 17.2 Å². The highest BCUT2D eigenvalue weighted by Gasteiger charge is 2.32. The summed E-state index contributed by atoms with van der Waals surface area (Å²) in [5, 5.41) is 9.09. The van der Waals surface area contributed by atoms with Gasteiger partial charge in [0.2, 0.25) is 0 Å². The minimum Gasteiger partial charge on any atom is -0.493 e. The van der Waals surface area contributed by atoms with Crippen LogP contribution in [0.2, 0.25) is 0 Å². The number of nitriles is 1. The van der Waals surface area contributed by atoms with Crippen molar-refractivity contribution in [2.24, 2.45) is 5.92 Å². The molecular weight excluding hydrogens is 218 g/mol. The van der Waals surface area contributed by atoms with Gasteiger partial charge in [0, 0.05) is 12.2 Å². The van der Waals surface area contributed by atoms with Gasteiger partial charge in [-0.05, 0) is 12.5 Å². The number of benzene rings is 1. The van der Waals surface area contributed by atoms with Gasteiger partial charge in [-0.15, -0.1) is 0 Å². The molecule has 1 fully saturated rings. The predicted octanol–water partition coefficient (Wildman–Crippen LogP) is 2.30. The van der Waals surface area contributed by atoms with E-state index in [9.17, 15) is 0 Å². The van der Waals surface area contributed by atoms with Gasteiger partial charge in [-0.1, -0.05) is 12.1 Å². The van der Waals surface area contributed by atoms with E-state index in [0.29, 0.717) is 18.1 Å². The summed E-state index contributed by atoms with van der Waals surface area (Å²) in [5.74, 6) is 1.20. The van der Waals surface area contributed by atoms with Crippen LogP contribution in [-0.4, -0.2) is 20.8 Å². The van der Waals surface area contributed by atoms with Crippen LogP contribution < -0.4 is 9.47 Å². The van der Waals surface area contributed by atoms with Gasteiger partial charge in [0.15, 0.2) is 11.5 Å². The van der Waals surface area contributed by atoms with Crippen LogP contribution >= 0.6 is 0 Å². The minimum absolute atomic E-state index is 0.115. The number of methoxy groups -OCH3 is 2. The third-order valence-electron chi connectivity index (χ3n) is 3.00. The molecule has 0 bridgehead atoms. The Morgan fingerprint density at radius 3 is 2.82 bits per heavy atom. The predicted molar refractivity (Wildman–Crippen MR) is 62.0 cm³/mol. The first-order valence-electron chi connectivity index (χ1n) is 5.54. The summed E-state index contributed by atoms with van der Waals surface area (Å²) in [4.78, 5) is 0. The summed E-state index contributed by atoms with van der Waals surface area (Å²) < 4.78 is 16.2. The Kier molecular flexibility index (Phi) is 3.50. The molecule has 4 heteroatoms. The maximum absolute atomic E-state index is 9.09. The fraction of sp³-hybridized carbons (Fsp3) is 0.462. The van der Waals surface area contributed by atoms with Gasteiger partial charge in [0.1, 0.15) is 6.10 Å². The Labute approximate surface area is 101 Å². The summed E-state index contributed by atoms with van der Waals surface area (Å²) >= 11 is 0. The molecule has 0 saturated carbocycles. The second-order valence-electron chi connectivity index (χ2n) is 3.90. The Balaban J connectivity index is 2.41. The number of nitrogens with zero attached hydrogens (tertiary/aromatic N) is 1. The van der Waals surface area contributed by atoms with Crippen LogP contribution in [0.5, 0.6) is 11.5 Å². The largest absolute Gasteiger partial charge is 0.493 e. The quantitative estimate of drug-likeness (QED) is 0.803. The Morgan fingerprint density at radius 1 is 1.35 bits per heavy atom. The zero-order valence-corrected chi connectivity index (χ0v) is 9.97. The molecule has 0 radical (unpaired) electrons. The monoisotopic (exact) mass is 233 g/mol. The number of para-hydroxylation sites is 1. The SMILES string of the molecule is COc1cccc(C2OCCC2C#N)c1OC. The van der Waals surface area contributed by atoms with E-state index in [0.717, 1.165) is 12.0 Å². The molecule has 4 nitrogen and oxygen atoms in total. The molecule has 2 rings (SSSR count). The van der Waals surface area contributed by atoms with Crippen LogP contribution in [-0.2, 0) is 4.74 Å². The summed E-state index contributed by atoms with van der Waals surface area (Å²) in [7, 11) is 3.19. The Hall–Kier alpha value is -1.73. The highest BCUT2D eigenvalue weighted by Crippen LogP contribution is 2.42. The Bertz CT molecular complexity index is 439. The van der Waals surface area contributed by atoms with E-state index in [-0.39, 0.29) is 12.0 Å². The van der Waals surface area contributed by atoms with E-state index < -0.39 is 0 Å². The van der Waals surface area contributed by atoms with Gasteiger partial charge in [0.25, 0.3) is 0 Å². The van der Waals surface area contributed by atoms with Crippen molar-refractivity contribution in [3.8, 4) is 17.6 Å². The highest BCUT2D eigenvalue weighted by atomic mass is 16.5. The summed E-state index contributed by atoms with van der Waals surface area (Å²) in [5.41, 5.74) is 0.885. The molecule has 17 heavy (non-hydrogen) atoms. The van der Waals surface area contributed by atoms with Crippen molar-refractivity contribution in [2.75, 3.05) is 20.8 Å². The lowest BCUT2D eigenvalue weighted by atomic mass is 9.96. The van der Waals surface area contributed by atoms with Crippen LogP contribution in [0.4, 0.5) is 0 Å². The summed E-state index contributed by atoms with van der Waals surface area (Å²) in [6.07, 6.45) is 0.548. The molecule has 2 unspecified atom stereocenters. The van der Waals surface area contributed by atoms with Gasteiger partial charge in [-0.2, -0.15) is 5.26 Å². The van der Waals surface area contributed by atoms with E-state index in [1.54, 1.807) is 14.2 Å². The van der Waals surface area contributed by atoms with Crippen molar-refractivity contribution in [3.05, 3.63) is 23.8 Å². The zero-order chi connectivity index (χ0) is 12.3. The van der Waals surface area contributed by atoms with Gasteiger partial charge in [-0.3, -0.25) is 0 Å². The average molecular weight is 233 g/mol. The molecule has 1 aliphatic rings. The second-order valence-corrected chi connectivity index (χ2v) is 3.90. The van der Waals surface area contributed by atoms with Gasteiger partial charge in [-0.25, -0.2) is 0 Å². The molecule has 1 heterocycles. The van der Waals surface area contributed by atoms with Crippen LogP contribution in [0.15, 0.2) is 18.2 Å². The summed E-state index contributed by atoms with van der Waals surface area (Å²) in [6.45, 7) is 0.614. The maximum atomic E-state index is 9.09. The number of hydrogen-bond donors (Lipinski definition) is 0. The average Bonchev–Trinajstić information content (AvgIpc) is 2.85. The highest BCUT2D eigenvalue weighted by molar-refractivity contribution is 5.48. The minimum atomic E-state index is -0.218. The molecule has 0 aromatic heterocycles. The van der Waals surface area contributed by atoms with E-state index in [4.69, 9.17) is 19.5 Å². The van der Waals surface area contributed by atoms with Crippen LogP contribution in [0.25, 0.3) is 0 Å².